The molecule has 1 aliphatic heterocycles. The Kier molecular flexibility index (Phi) is 1.51. The van der Waals surface area contributed by atoms with Crippen molar-refractivity contribution in [2.24, 2.45) is 5.10 Å². The van der Waals surface area contributed by atoms with Crippen LogP contribution in [0, 0.1) is 0 Å². The topological polar surface area (TPSA) is 55.6 Å². The highest BCUT2D eigenvalue weighted by Crippen LogP contribution is 2.01. The van der Waals surface area contributed by atoms with Crippen LogP contribution in [-0.2, 0) is 0 Å². The highest BCUT2D eigenvalue weighted by Gasteiger charge is 2.15. The van der Waals surface area contributed by atoms with Gasteiger partial charge in [0.15, 0.2) is 5.84 Å². The molecule has 0 saturated carbocycles. The van der Waals surface area contributed by atoms with Crippen molar-refractivity contribution in [2.75, 3.05) is 0 Å². The summed E-state index contributed by atoms with van der Waals surface area (Å²) in [6.45, 7) is 0. The molecule has 1 N–H and O–H groups in total. The lowest BCUT2D eigenvalue weighted by Gasteiger charge is -1.96. The van der Waals surface area contributed by atoms with Gasteiger partial charge in [-0.1, -0.05) is 35.8 Å². The summed E-state index contributed by atoms with van der Waals surface area (Å²) in [4.78, 5) is 10.6. The lowest BCUT2D eigenvalue weighted by atomic mass is 10.2. The highest BCUT2D eigenvalue weighted by atomic mass is 16.2. The Hall–Kier alpha value is -1.84. The predicted octanol–water partition coefficient (Wildman–Crippen LogP) is 0.676. The van der Waals surface area contributed by atoms with Crippen LogP contribution in [0.5, 0.6) is 0 Å². The van der Waals surface area contributed by atoms with Crippen molar-refractivity contribution in [2.45, 2.75) is 0 Å². The largest absolute Gasteiger partial charge is 0.365 e. The molecule has 0 bridgehead atoms. The second-order valence-corrected chi connectivity index (χ2v) is 2.34. The standard InChI is InChI=1S/C8H6N3O/c12-8-9-7(10-11-8)6-4-2-1-3-5-6/h1-5H,(H,9,10,12). The van der Waals surface area contributed by atoms with Crippen molar-refractivity contribution < 1.29 is 4.79 Å². The molecule has 4 heteroatoms. The van der Waals surface area contributed by atoms with E-state index in [2.05, 4.69) is 15.8 Å². The molecular weight excluding hydrogens is 154 g/mol. The first-order chi connectivity index (χ1) is 5.86. The number of benzene rings is 1. The summed E-state index contributed by atoms with van der Waals surface area (Å²) in [5.41, 5.74) is 4.20. The van der Waals surface area contributed by atoms with Crippen LogP contribution in [0.3, 0.4) is 0 Å². The lowest BCUT2D eigenvalue weighted by molar-refractivity contribution is 0.247. The molecule has 0 spiro atoms. The van der Waals surface area contributed by atoms with Gasteiger partial charge in [0.2, 0.25) is 0 Å². The van der Waals surface area contributed by atoms with Crippen LogP contribution in [0.15, 0.2) is 35.4 Å². The third-order valence-corrected chi connectivity index (χ3v) is 1.51. The molecule has 1 radical (unpaired) electrons. The van der Waals surface area contributed by atoms with Gasteiger partial charge in [-0.25, -0.2) is 4.79 Å². The van der Waals surface area contributed by atoms with Gasteiger partial charge in [-0.15, -0.1) is 5.10 Å². The minimum atomic E-state index is -0.408. The maximum atomic E-state index is 10.6. The molecule has 0 unspecified atom stereocenters. The number of nitrogens with one attached hydrogen (secondary N) is 1. The molecule has 0 aliphatic carbocycles. The molecule has 2 amide bonds. The third kappa shape index (κ3) is 1.14. The van der Waals surface area contributed by atoms with E-state index < -0.39 is 6.03 Å². The average molecular weight is 160 g/mol. The Morgan fingerprint density at radius 3 is 2.50 bits per heavy atom. The molecule has 0 saturated heterocycles. The van der Waals surface area contributed by atoms with E-state index in [1.54, 1.807) is 0 Å². The summed E-state index contributed by atoms with van der Waals surface area (Å²) < 4.78 is 0. The Labute approximate surface area is 69.3 Å². The number of amidine groups is 1. The van der Waals surface area contributed by atoms with E-state index in [1.807, 2.05) is 30.3 Å². The number of rotatable bonds is 1. The zero-order valence-corrected chi connectivity index (χ0v) is 6.19. The Bertz CT molecular complexity index is 331. The van der Waals surface area contributed by atoms with E-state index in [0.717, 1.165) is 5.56 Å². The Morgan fingerprint density at radius 1 is 1.17 bits per heavy atom. The lowest BCUT2D eigenvalue weighted by Crippen LogP contribution is -2.25. The minimum Gasteiger partial charge on any atom is -0.287 e. The highest BCUT2D eigenvalue weighted by molar-refractivity contribution is 6.10. The Balaban J connectivity index is 2.28. The summed E-state index contributed by atoms with van der Waals surface area (Å²) >= 11 is 0. The van der Waals surface area contributed by atoms with Gasteiger partial charge in [-0.3, -0.25) is 5.32 Å². The zero-order chi connectivity index (χ0) is 8.39. The number of hydrogen-bond acceptors (Lipinski definition) is 2. The van der Waals surface area contributed by atoms with Crippen LogP contribution >= 0.6 is 0 Å². The van der Waals surface area contributed by atoms with Gasteiger partial charge < -0.3 is 0 Å². The molecule has 1 aromatic carbocycles. The summed E-state index contributed by atoms with van der Waals surface area (Å²) in [6.07, 6.45) is 0. The molecule has 1 heterocycles. The van der Waals surface area contributed by atoms with Crippen molar-refractivity contribution in [3.63, 3.8) is 0 Å². The van der Waals surface area contributed by atoms with Crippen LogP contribution in [0.2, 0.25) is 0 Å². The fraction of sp³-hybridized carbons (Fsp3) is 0. The van der Waals surface area contributed by atoms with Gasteiger partial charge in [0.1, 0.15) is 0 Å². The fourth-order valence-corrected chi connectivity index (χ4v) is 0.973. The van der Waals surface area contributed by atoms with Gasteiger partial charge in [-0.05, 0) is 0 Å². The maximum absolute atomic E-state index is 10.6. The second kappa shape index (κ2) is 2.65. The average Bonchev–Trinajstić information content (AvgIpc) is 2.54. The molecule has 0 fully saturated rings. The predicted molar refractivity (Wildman–Crippen MR) is 43.6 cm³/mol. The van der Waals surface area contributed by atoms with Crippen molar-refractivity contribution in [1.29, 1.82) is 0 Å². The minimum absolute atomic E-state index is 0.408. The summed E-state index contributed by atoms with van der Waals surface area (Å²) in [5.74, 6) is 0.514. The van der Waals surface area contributed by atoms with Crippen LogP contribution in [-0.4, -0.2) is 11.9 Å². The van der Waals surface area contributed by atoms with Crippen molar-refractivity contribution in [3.8, 4) is 0 Å². The van der Waals surface area contributed by atoms with Gasteiger partial charge in [0.05, 0.1) is 0 Å². The second-order valence-electron chi connectivity index (χ2n) is 2.34. The number of nitrogens with zero attached hydrogens (tertiary/aromatic N) is 2. The molecule has 0 atom stereocenters. The smallest absolute Gasteiger partial charge is 0.287 e. The van der Waals surface area contributed by atoms with E-state index >= 15 is 0 Å². The van der Waals surface area contributed by atoms with Gasteiger partial charge >= 0.3 is 6.03 Å². The Morgan fingerprint density at radius 2 is 1.92 bits per heavy atom. The van der Waals surface area contributed by atoms with Crippen LogP contribution in [0.1, 0.15) is 5.56 Å². The summed E-state index contributed by atoms with van der Waals surface area (Å²) in [5, 5.41) is 6.18. The first-order valence-corrected chi connectivity index (χ1v) is 3.51. The quantitative estimate of drug-likeness (QED) is 0.645. The van der Waals surface area contributed by atoms with E-state index in [9.17, 15) is 4.79 Å². The normalized spacial score (nSPS) is 15.0. The van der Waals surface area contributed by atoms with Gasteiger partial charge in [-0.2, -0.15) is 0 Å². The van der Waals surface area contributed by atoms with Gasteiger partial charge in [0.25, 0.3) is 0 Å². The third-order valence-electron chi connectivity index (χ3n) is 1.51. The first-order valence-electron chi connectivity index (χ1n) is 3.51. The molecular formula is C8H6N3O. The molecule has 1 aromatic rings. The molecule has 1 aliphatic rings. The number of amides is 2. The van der Waals surface area contributed by atoms with E-state index in [-0.39, 0.29) is 0 Å². The molecule has 4 nitrogen and oxygen atoms in total. The monoisotopic (exact) mass is 160 g/mol. The van der Waals surface area contributed by atoms with Crippen molar-refractivity contribution in [3.05, 3.63) is 35.9 Å². The zero-order valence-electron chi connectivity index (χ0n) is 6.19. The molecule has 2 rings (SSSR count). The van der Waals surface area contributed by atoms with E-state index in [1.165, 1.54) is 0 Å². The van der Waals surface area contributed by atoms with Crippen LogP contribution in [0.4, 0.5) is 4.79 Å². The van der Waals surface area contributed by atoms with Crippen LogP contribution in [0.25, 0.3) is 0 Å². The van der Waals surface area contributed by atoms with Crippen LogP contribution < -0.4 is 10.7 Å². The molecule has 12 heavy (non-hydrogen) atoms. The SMILES string of the molecule is O=C1[N]N=C(c2ccccc2)N1. The molecule has 59 valence electrons. The summed E-state index contributed by atoms with van der Waals surface area (Å²) in [6, 6.07) is 8.97. The number of hydrogen-bond donors (Lipinski definition) is 1. The first kappa shape index (κ1) is 6.84. The number of carbonyl (C=O) groups is 1. The van der Waals surface area contributed by atoms with Gasteiger partial charge in [0, 0.05) is 5.56 Å². The fourth-order valence-electron chi connectivity index (χ4n) is 0.973. The number of carbonyl (C=O) groups excluding carboxylic acids is 1. The summed E-state index contributed by atoms with van der Waals surface area (Å²) in [7, 11) is 0. The van der Waals surface area contributed by atoms with E-state index in [4.69, 9.17) is 0 Å². The maximum Gasteiger partial charge on any atom is 0.365 e. The van der Waals surface area contributed by atoms with Crippen molar-refractivity contribution >= 4 is 11.9 Å². The molecule has 0 aromatic heterocycles. The van der Waals surface area contributed by atoms with Crippen molar-refractivity contribution in [1.82, 2.24) is 10.7 Å². The van der Waals surface area contributed by atoms with E-state index in [0.29, 0.717) is 5.84 Å². The number of urea groups is 1.